The van der Waals surface area contributed by atoms with E-state index in [0.29, 0.717) is 0 Å². The summed E-state index contributed by atoms with van der Waals surface area (Å²) in [5, 5.41) is 10.6. The second-order valence-corrected chi connectivity index (χ2v) is 6.49. The number of carbonyl (C=O) groups is 3. The van der Waals surface area contributed by atoms with Crippen molar-refractivity contribution in [2.75, 3.05) is 6.26 Å². The summed E-state index contributed by atoms with van der Waals surface area (Å²) in [6.45, 7) is 2.86. The predicted octanol–water partition coefficient (Wildman–Crippen LogP) is 2.62. The van der Waals surface area contributed by atoms with Crippen molar-refractivity contribution in [1.82, 2.24) is 0 Å². The molecule has 1 fully saturated rings. The van der Waals surface area contributed by atoms with Gasteiger partial charge in [-0.3, -0.25) is 14.9 Å². The number of benzene rings is 1. The molecule has 0 amide bonds. The van der Waals surface area contributed by atoms with E-state index in [2.05, 4.69) is 0 Å². The second kappa shape index (κ2) is 7.06. The number of nitrogens with zero attached hydrogens (tertiary/aromatic N) is 1. The number of esters is 2. The highest BCUT2D eigenvalue weighted by Gasteiger charge is 2.40. The fraction of sp³-hybridized carbons (Fsp3) is 0.312. The SMILES string of the molecule is CSC(CC(=O)c1ccc([N+](=O)[O-])cc1)=C1C(=O)OC(C)(C)OC1=O. The standard InChI is InChI=1S/C16H15NO7S/c1-16(2)23-14(19)13(15(20)24-16)12(25-3)8-11(18)9-4-6-10(7-5-9)17(21)22/h4-7H,8H2,1-3H3. The first kappa shape index (κ1) is 18.7. The van der Waals surface area contributed by atoms with Crippen LogP contribution >= 0.6 is 11.8 Å². The largest absolute Gasteiger partial charge is 0.419 e. The summed E-state index contributed by atoms with van der Waals surface area (Å²) in [6.07, 6.45) is 1.39. The summed E-state index contributed by atoms with van der Waals surface area (Å²) in [5.74, 6) is -3.44. The van der Waals surface area contributed by atoms with E-state index in [4.69, 9.17) is 9.47 Å². The summed E-state index contributed by atoms with van der Waals surface area (Å²) >= 11 is 1.06. The quantitative estimate of drug-likeness (QED) is 0.195. The number of hydrogen-bond donors (Lipinski definition) is 0. The molecule has 1 aliphatic rings. The Hall–Kier alpha value is -2.68. The Balaban J connectivity index is 2.26. The molecule has 1 aliphatic heterocycles. The van der Waals surface area contributed by atoms with Gasteiger partial charge in [-0.25, -0.2) is 9.59 Å². The molecule has 0 bridgehead atoms. The lowest BCUT2D eigenvalue weighted by atomic mass is 10.1. The summed E-state index contributed by atoms with van der Waals surface area (Å²) in [5.41, 5.74) is -0.209. The maximum absolute atomic E-state index is 12.4. The molecule has 1 heterocycles. The normalized spacial score (nSPS) is 16.0. The number of nitro groups is 1. The molecule has 0 aliphatic carbocycles. The smallest absolute Gasteiger partial charge is 0.349 e. The van der Waals surface area contributed by atoms with Crippen LogP contribution in [0.5, 0.6) is 0 Å². The van der Waals surface area contributed by atoms with Gasteiger partial charge in [0.25, 0.3) is 11.5 Å². The summed E-state index contributed by atoms with van der Waals surface area (Å²) in [4.78, 5) is 46.8. The Morgan fingerprint density at radius 1 is 1.16 bits per heavy atom. The average molecular weight is 365 g/mol. The first-order chi connectivity index (χ1) is 11.6. The van der Waals surface area contributed by atoms with Crippen molar-refractivity contribution < 1.29 is 28.8 Å². The molecule has 0 saturated carbocycles. The van der Waals surface area contributed by atoms with E-state index in [0.717, 1.165) is 11.8 Å². The van der Waals surface area contributed by atoms with Crippen molar-refractivity contribution in [3.63, 3.8) is 0 Å². The van der Waals surface area contributed by atoms with Gasteiger partial charge in [-0.1, -0.05) is 0 Å². The fourth-order valence-corrected chi connectivity index (χ4v) is 2.81. The molecule has 1 saturated heterocycles. The molecule has 1 aromatic carbocycles. The van der Waals surface area contributed by atoms with Crippen LogP contribution in [0.3, 0.4) is 0 Å². The van der Waals surface area contributed by atoms with E-state index in [1.807, 2.05) is 0 Å². The molecular formula is C16H15NO7S. The van der Waals surface area contributed by atoms with Gasteiger partial charge in [-0.05, 0) is 18.4 Å². The first-order valence-electron chi connectivity index (χ1n) is 7.16. The maximum Gasteiger partial charge on any atom is 0.349 e. The molecule has 2 rings (SSSR count). The molecule has 8 nitrogen and oxygen atoms in total. The number of Topliss-reactive ketones (excluding diaryl/α,β-unsaturated/α-hetero) is 1. The zero-order valence-corrected chi connectivity index (χ0v) is 14.5. The maximum atomic E-state index is 12.4. The van der Waals surface area contributed by atoms with Gasteiger partial charge in [0.2, 0.25) is 0 Å². The molecule has 0 spiro atoms. The number of rotatable bonds is 5. The number of hydrogen-bond acceptors (Lipinski definition) is 8. The zero-order valence-electron chi connectivity index (χ0n) is 13.7. The Bertz CT molecular complexity index is 758. The summed E-state index contributed by atoms with van der Waals surface area (Å²) in [7, 11) is 0. The minimum atomic E-state index is -1.36. The predicted molar refractivity (Wildman–Crippen MR) is 88.8 cm³/mol. The van der Waals surface area contributed by atoms with Crippen LogP contribution in [0, 0.1) is 10.1 Å². The molecule has 1 aromatic rings. The van der Waals surface area contributed by atoms with Crippen LogP contribution in [0.15, 0.2) is 34.7 Å². The number of nitro benzene ring substituents is 1. The number of non-ortho nitro benzene ring substituents is 1. The number of ether oxygens (including phenoxy) is 2. The van der Waals surface area contributed by atoms with E-state index >= 15 is 0 Å². The molecule has 25 heavy (non-hydrogen) atoms. The van der Waals surface area contributed by atoms with Gasteiger partial charge in [0.1, 0.15) is 0 Å². The topological polar surface area (TPSA) is 113 Å². The highest BCUT2D eigenvalue weighted by molar-refractivity contribution is 8.02. The van der Waals surface area contributed by atoms with Crippen molar-refractivity contribution in [2.24, 2.45) is 0 Å². The van der Waals surface area contributed by atoms with Crippen molar-refractivity contribution >= 4 is 35.2 Å². The number of cyclic esters (lactones) is 2. The highest BCUT2D eigenvalue weighted by atomic mass is 32.2. The van der Waals surface area contributed by atoms with Crippen LogP contribution in [0.2, 0.25) is 0 Å². The fourth-order valence-electron chi connectivity index (χ4n) is 2.16. The summed E-state index contributed by atoms with van der Waals surface area (Å²) in [6, 6.07) is 5.07. The van der Waals surface area contributed by atoms with Crippen LogP contribution in [0.4, 0.5) is 5.69 Å². The minimum absolute atomic E-state index is 0.137. The zero-order chi connectivity index (χ0) is 18.8. The van der Waals surface area contributed by atoms with Crippen LogP contribution < -0.4 is 0 Å². The Morgan fingerprint density at radius 2 is 1.68 bits per heavy atom. The van der Waals surface area contributed by atoms with Gasteiger partial charge in [0.05, 0.1) is 4.92 Å². The van der Waals surface area contributed by atoms with E-state index in [1.54, 1.807) is 6.26 Å². The number of carbonyl (C=O) groups excluding carboxylic acids is 3. The van der Waals surface area contributed by atoms with E-state index in [9.17, 15) is 24.5 Å². The van der Waals surface area contributed by atoms with Crippen LogP contribution in [-0.2, 0) is 19.1 Å². The molecule has 0 N–H and O–H groups in total. The number of ketones is 1. The lowest BCUT2D eigenvalue weighted by Gasteiger charge is -2.30. The van der Waals surface area contributed by atoms with Crippen molar-refractivity contribution in [2.45, 2.75) is 26.1 Å². The molecular weight excluding hydrogens is 350 g/mol. The minimum Gasteiger partial charge on any atom is -0.419 e. The van der Waals surface area contributed by atoms with Gasteiger partial charge >= 0.3 is 11.9 Å². The number of thioether (sulfide) groups is 1. The first-order valence-corrected chi connectivity index (χ1v) is 8.38. The van der Waals surface area contributed by atoms with Gasteiger partial charge in [-0.15, -0.1) is 11.8 Å². The lowest BCUT2D eigenvalue weighted by molar-refractivity contribution is -0.384. The molecule has 132 valence electrons. The molecule has 0 atom stereocenters. The Labute approximate surface area is 147 Å². The molecule has 0 aromatic heterocycles. The second-order valence-electron chi connectivity index (χ2n) is 5.59. The summed E-state index contributed by atoms with van der Waals surface area (Å²) < 4.78 is 10.1. The van der Waals surface area contributed by atoms with Gasteiger partial charge in [-0.2, -0.15) is 0 Å². The van der Waals surface area contributed by atoms with E-state index < -0.39 is 28.4 Å². The van der Waals surface area contributed by atoms with Gasteiger partial charge in [0.15, 0.2) is 11.4 Å². The van der Waals surface area contributed by atoms with Crippen LogP contribution in [0.25, 0.3) is 0 Å². The van der Waals surface area contributed by atoms with Gasteiger partial charge < -0.3 is 9.47 Å². The van der Waals surface area contributed by atoms with Crippen molar-refractivity contribution in [3.05, 3.63) is 50.4 Å². The third kappa shape index (κ3) is 4.24. The Morgan fingerprint density at radius 3 is 2.12 bits per heavy atom. The Kier molecular flexibility index (Phi) is 5.27. The molecule has 0 unspecified atom stereocenters. The van der Waals surface area contributed by atoms with E-state index in [-0.39, 0.29) is 28.1 Å². The van der Waals surface area contributed by atoms with Crippen molar-refractivity contribution in [1.29, 1.82) is 0 Å². The molecule has 9 heteroatoms. The van der Waals surface area contributed by atoms with Crippen LogP contribution in [-0.4, -0.2) is 34.7 Å². The molecule has 0 radical (unpaired) electrons. The average Bonchev–Trinajstić information content (AvgIpc) is 2.51. The monoisotopic (exact) mass is 365 g/mol. The highest BCUT2D eigenvalue weighted by Crippen LogP contribution is 2.30. The van der Waals surface area contributed by atoms with Crippen LogP contribution in [0.1, 0.15) is 30.6 Å². The third-order valence-electron chi connectivity index (χ3n) is 3.33. The lowest BCUT2D eigenvalue weighted by Crippen LogP contribution is -2.42. The van der Waals surface area contributed by atoms with E-state index in [1.165, 1.54) is 38.1 Å². The van der Waals surface area contributed by atoms with Crippen molar-refractivity contribution in [3.8, 4) is 0 Å². The van der Waals surface area contributed by atoms with Gasteiger partial charge in [0, 0.05) is 42.9 Å². The third-order valence-corrected chi connectivity index (χ3v) is 4.17. The number of allylic oxidation sites excluding steroid dienone is 1.